The number of fused-ring (bicyclic) bond motifs is 1. The van der Waals surface area contributed by atoms with E-state index < -0.39 is 0 Å². The van der Waals surface area contributed by atoms with Crippen molar-refractivity contribution < 1.29 is 4.79 Å². The highest BCUT2D eigenvalue weighted by molar-refractivity contribution is 5.95. The Morgan fingerprint density at radius 2 is 2.05 bits per heavy atom. The average molecular weight is 294 g/mol. The Balaban J connectivity index is 2.00. The van der Waals surface area contributed by atoms with Crippen molar-refractivity contribution in [3.8, 4) is 11.3 Å². The Labute approximate surface area is 128 Å². The molecule has 0 atom stereocenters. The monoisotopic (exact) mass is 294 g/mol. The second-order valence-corrected chi connectivity index (χ2v) is 5.69. The number of carbonyl (C=O) groups is 1. The van der Waals surface area contributed by atoms with E-state index in [1.807, 2.05) is 38.1 Å². The van der Waals surface area contributed by atoms with Gasteiger partial charge in [-0.1, -0.05) is 25.5 Å². The maximum atomic E-state index is 11.8. The van der Waals surface area contributed by atoms with Crippen LogP contribution in [0.3, 0.4) is 0 Å². The predicted molar refractivity (Wildman–Crippen MR) is 87.5 cm³/mol. The average Bonchev–Trinajstić information content (AvgIpc) is 2.90. The van der Waals surface area contributed by atoms with Gasteiger partial charge >= 0.3 is 0 Å². The van der Waals surface area contributed by atoms with Crippen molar-refractivity contribution >= 4 is 22.6 Å². The minimum absolute atomic E-state index is 0.0487. The maximum Gasteiger partial charge on any atom is 0.228 e. The first kappa shape index (κ1) is 14.3. The molecular weight excluding hydrogens is 276 g/mol. The summed E-state index contributed by atoms with van der Waals surface area (Å²) in [5.41, 5.74) is 3.95. The van der Waals surface area contributed by atoms with E-state index in [4.69, 9.17) is 0 Å². The van der Waals surface area contributed by atoms with E-state index in [0.717, 1.165) is 22.2 Å². The van der Waals surface area contributed by atoms with Crippen LogP contribution >= 0.6 is 0 Å². The normalized spacial score (nSPS) is 11.1. The largest absolute Gasteiger partial charge is 0.310 e. The zero-order valence-corrected chi connectivity index (χ0v) is 12.8. The molecule has 0 aliphatic heterocycles. The summed E-state index contributed by atoms with van der Waals surface area (Å²) in [7, 11) is 0. The van der Waals surface area contributed by atoms with Gasteiger partial charge in [0.1, 0.15) is 11.5 Å². The molecule has 0 saturated heterocycles. The molecule has 0 aliphatic rings. The van der Waals surface area contributed by atoms with Gasteiger partial charge in [-0.2, -0.15) is 5.10 Å². The number of anilines is 1. The third-order valence-electron chi connectivity index (χ3n) is 3.53. The summed E-state index contributed by atoms with van der Waals surface area (Å²) < 4.78 is 0. The Kier molecular flexibility index (Phi) is 3.63. The van der Waals surface area contributed by atoms with Crippen LogP contribution in [0.4, 0.5) is 5.82 Å². The van der Waals surface area contributed by atoms with Gasteiger partial charge in [0, 0.05) is 23.1 Å². The van der Waals surface area contributed by atoms with Crippen molar-refractivity contribution in [2.24, 2.45) is 5.92 Å². The summed E-state index contributed by atoms with van der Waals surface area (Å²) in [4.78, 5) is 16.0. The first-order valence-corrected chi connectivity index (χ1v) is 7.26. The molecule has 0 fully saturated rings. The van der Waals surface area contributed by atoms with E-state index in [-0.39, 0.29) is 11.8 Å². The number of aromatic amines is 1. The van der Waals surface area contributed by atoms with Crippen LogP contribution in [0.2, 0.25) is 0 Å². The number of pyridine rings is 1. The van der Waals surface area contributed by atoms with E-state index in [1.54, 1.807) is 6.20 Å². The highest BCUT2D eigenvalue weighted by Gasteiger charge is 2.11. The summed E-state index contributed by atoms with van der Waals surface area (Å²) in [6.45, 7) is 5.75. The predicted octanol–water partition coefficient (Wildman–Crippen LogP) is 3.53. The lowest BCUT2D eigenvalue weighted by Gasteiger charge is -2.07. The minimum atomic E-state index is -0.0840. The first-order chi connectivity index (χ1) is 10.5. The molecule has 22 heavy (non-hydrogen) atoms. The number of hydrogen-bond donors (Lipinski definition) is 2. The molecule has 112 valence electrons. The number of hydrogen-bond acceptors (Lipinski definition) is 3. The van der Waals surface area contributed by atoms with Crippen LogP contribution in [0.1, 0.15) is 19.4 Å². The van der Waals surface area contributed by atoms with Crippen molar-refractivity contribution in [1.82, 2.24) is 15.2 Å². The van der Waals surface area contributed by atoms with Crippen LogP contribution in [0.25, 0.3) is 22.2 Å². The van der Waals surface area contributed by atoms with Gasteiger partial charge in [0.25, 0.3) is 0 Å². The molecule has 0 saturated carbocycles. The molecule has 2 N–H and O–H groups in total. The van der Waals surface area contributed by atoms with E-state index in [0.29, 0.717) is 5.82 Å². The van der Waals surface area contributed by atoms with Crippen LogP contribution < -0.4 is 5.32 Å². The van der Waals surface area contributed by atoms with Crippen molar-refractivity contribution in [1.29, 1.82) is 0 Å². The van der Waals surface area contributed by atoms with Crippen LogP contribution in [-0.2, 0) is 4.79 Å². The van der Waals surface area contributed by atoms with Crippen LogP contribution in [0, 0.1) is 12.8 Å². The van der Waals surface area contributed by atoms with Gasteiger partial charge in [-0.15, -0.1) is 0 Å². The number of nitrogens with one attached hydrogen (secondary N) is 2. The summed E-state index contributed by atoms with van der Waals surface area (Å²) in [6.07, 6.45) is 1.68. The lowest BCUT2D eigenvalue weighted by molar-refractivity contribution is -0.118. The molecule has 1 aromatic carbocycles. The molecule has 0 radical (unpaired) electrons. The number of nitrogens with zero attached hydrogens (tertiary/aromatic N) is 2. The fourth-order valence-electron chi connectivity index (χ4n) is 2.26. The molecule has 0 spiro atoms. The van der Waals surface area contributed by atoms with Crippen LogP contribution in [0.15, 0.2) is 36.5 Å². The Morgan fingerprint density at radius 1 is 1.23 bits per heavy atom. The number of H-pyrrole nitrogens is 1. The van der Waals surface area contributed by atoms with Crippen molar-refractivity contribution in [3.63, 3.8) is 0 Å². The van der Waals surface area contributed by atoms with Gasteiger partial charge in [0.2, 0.25) is 5.91 Å². The highest BCUT2D eigenvalue weighted by atomic mass is 16.1. The highest BCUT2D eigenvalue weighted by Crippen LogP contribution is 2.27. The van der Waals surface area contributed by atoms with Gasteiger partial charge < -0.3 is 5.32 Å². The zero-order chi connectivity index (χ0) is 15.7. The smallest absolute Gasteiger partial charge is 0.228 e. The molecule has 0 bridgehead atoms. The van der Waals surface area contributed by atoms with E-state index in [2.05, 4.69) is 33.5 Å². The number of aromatic nitrogens is 3. The topological polar surface area (TPSA) is 70.7 Å². The lowest BCUT2D eigenvalue weighted by Crippen LogP contribution is -2.18. The van der Waals surface area contributed by atoms with Crippen molar-refractivity contribution in [3.05, 3.63) is 42.1 Å². The summed E-state index contributed by atoms with van der Waals surface area (Å²) >= 11 is 0. The fraction of sp³-hybridized carbons (Fsp3) is 0.235. The second kappa shape index (κ2) is 5.60. The quantitative estimate of drug-likeness (QED) is 0.776. The fourth-order valence-corrected chi connectivity index (χ4v) is 2.26. The summed E-state index contributed by atoms with van der Waals surface area (Å²) in [6, 6.07) is 9.90. The third kappa shape index (κ3) is 2.70. The summed E-state index contributed by atoms with van der Waals surface area (Å²) in [5.74, 6) is 0.409. The maximum absolute atomic E-state index is 11.8. The second-order valence-electron chi connectivity index (χ2n) is 5.69. The standard InChI is InChI=1S/C17H18N4O/c1-10(2)17(22)19-15-9-12(6-7-18-15)16-13-8-11(3)4-5-14(13)20-21-16/h4-10H,1-3H3,(H,20,21)(H,18,19,22). The SMILES string of the molecule is Cc1ccc2[nH]nc(-c3ccnc(NC(=O)C(C)C)c3)c2c1. The minimum Gasteiger partial charge on any atom is -0.310 e. The number of amides is 1. The molecular formula is C17H18N4O. The molecule has 0 aliphatic carbocycles. The van der Waals surface area contributed by atoms with Crippen LogP contribution in [-0.4, -0.2) is 21.1 Å². The van der Waals surface area contributed by atoms with Crippen molar-refractivity contribution in [2.45, 2.75) is 20.8 Å². The van der Waals surface area contributed by atoms with Gasteiger partial charge in [0.05, 0.1) is 5.52 Å². The van der Waals surface area contributed by atoms with Gasteiger partial charge in [-0.05, 0) is 31.2 Å². The lowest BCUT2D eigenvalue weighted by atomic mass is 10.1. The molecule has 2 heterocycles. The zero-order valence-electron chi connectivity index (χ0n) is 12.8. The number of rotatable bonds is 3. The molecule has 3 aromatic rings. The molecule has 5 nitrogen and oxygen atoms in total. The van der Waals surface area contributed by atoms with Gasteiger partial charge in [0.15, 0.2) is 0 Å². The van der Waals surface area contributed by atoms with E-state index in [9.17, 15) is 4.79 Å². The van der Waals surface area contributed by atoms with E-state index in [1.165, 1.54) is 5.56 Å². The number of carbonyl (C=O) groups excluding carboxylic acids is 1. The molecule has 3 rings (SSSR count). The summed E-state index contributed by atoms with van der Waals surface area (Å²) in [5, 5.41) is 11.3. The first-order valence-electron chi connectivity index (χ1n) is 7.26. The van der Waals surface area contributed by atoms with Crippen molar-refractivity contribution in [2.75, 3.05) is 5.32 Å². The third-order valence-corrected chi connectivity index (χ3v) is 3.53. The molecule has 5 heteroatoms. The molecule has 1 amide bonds. The van der Waals surface area contributed by atoms with Gasteiger partial charge in [-0.3, -0.25) is 9.89 Å². The Hall–Kier alpha value is -2.69. The van der Waals surface area contributed by atoms with Crippen LogP contribution in [0.5, 0.6) is 0 Å². The number of aryl methyl sites for hydroxylation is 1. The Bertz CT molecular complexity index is 836. The molecule has 2 aromatic heterocycles. The molecule has 0 unspecified atom stereocenters. The Morgan fingerprint density at radius 3 is 2.82 bits per heavy atom. The number of benzene rings is 1. The van der Waals surface area contributed by atoms with E-state index >= 15 is 0 Å². The van der Waals surface area contributed by atoms with Gasteiger partial charge in [-0.25, -0.2) is 4.98 Å².